The fourth-order valence-electron chi connectivity index (χ4n) is 1.55. The molecule has 0 radical (unpaired) electrons. The molecule has 1 aromatic carbocycles. The molecule has 20 heavy (non-hydrogen) atoms. The largest absolute Gasteiger partial charge is 0.289 e. The molecule has 0 atom stereocenters. The van der Waals surface area contributed by atoms with E-state index in [1.54, 1.807) is 24.4 Å². The Bertz CT molecular complexity index is 684. The highest BCUT2D eigenvalue weighted by Gasteiger charge is 2.11. The molecule has 0 bridgehead atoms. The monoisotopic (exact) mass is 288 g/mol. The van der Waals surface area contributed by atoms with E-state index >= 15 is 0 Å². The van der Waals surface area contributed by atoms with E-state index in [-0.39, 0.29) is 16.5 Å². The van der Waals surface area contributed by atoms with E-state index < -0.39 is 4.92 Å². The van der Waals surface area contributed by atoms with Gasteiger partial charge >= 0.3 is 0 Å². The van der Waals surface area contributed by atoms with E-state index in [9.17, 15) is 14.9 Å². The molecule has 0 unspecified atom stereocenters. The number of nitrogens with zero attached hydrogens (tertiary/aromatic N) is 2. The minimum atomic E-state index is -0.567. The highest BCUT2D eigenvalue weighted by molar-refractivity contribution is 6.32. The summed E-state index contributed by atoms with van der Waals surface area (Å²) in [5.74, 6) is -0.226. The van der Waals surface area contributed by atoms with Gasteiger partial charge in [0, 0.05) is 24.0 Å². The molecule has 2 rings (SSSR count). The zero-order valence-corrected chi connectivity index (χ0v) is 10.9. The first-order valence-electron chi connectivity index (χ1n) is 5.64. The standard InChI is InChI=1S/C14H9ClN2O3/c15-12-5-3-10(8-13(12)17(19)20)4-6-14(18)11-2-1-7-16-9-11/h1-9H/b6-4+. The van der Waals surface area contributed by atoms with Crippen LogP contribution < -0.4 is 0 Å². The average Bonchev–Trinajstić information content (AvgIpc) is 2.46. The fourth-order valence-corrected chi connectivity index (χ4v) is 1.74. The molecule has 0 N–H and O–H groups in total. The van der Waals surface area contributed by atoms with Crippen LogP contribution in [0.15, 0.2) is 48.8 Å². The van der Waals surface area contributed by atoms with Crippen LogP contribution >= 0.6 is 11.6 Å². The van der Waals surface area contributed by atoms with E-state index in [1.807, 2.05) is 0 Å². The van der Waals surface area contributed by atoms with Gasteiger partial charge in [-0.25, -0.2) is 0 Å². The topological polar surface area (TPSA) is 73.1 Å². The van der Waals surface area contributed by atoms with Crippen LogP contribution in [-0.4, -0.2) is 15.7 Å². The Morgan fingerprint density at radius 2 is 2.15 bits per heavy atom. The highest BCUT2D eigenvalue weighted by Crippen LogP contribution is 2.25. The molecule has 6 heteroatoms. The molecule has 0 aliphatic carbocycles. The van der Waals surface area contributed by atoms with Crippen LogP contribution in [0.25, 0.3) is 6.08 Å². The molecule has 1 heterocycles. The summed E-state index contributed by atoms with van der Waals surface area (Å²) in [6, 6.07) is 7.64. The summed E-state index contributed by atoms with van der Waals surface area (Å²) in [4.78, 5) is 25.9. The first-order chi connectivity index (χ1) is 9.58. The van der Waals surface area contributed by atoms with Gasteiger partial charge in [-0.1, -0.05) is 23.7 Å². The third-order valence-corrected chi connectivity index (χ3v) is 2.86. The van der Waals surface area contributed by atoms with Gasteiger partial charge in [0.25, 0.3) is 5.69 Å². The van der Waals surface area contributed by atoms with Crippen molar-refractivity contribution in [3.63, 3.8) is 0 Å². The molecular weight excluding hydrogens is 280 g/mol. The molecule has 0 aliphatic rings. The fraction of sp³-hybridized carbons (Fsp3) is 0. The maximum atomic E-state index is 11.8. The van der Waals surface area contributed by atoms with Crippen LogP contribution in [0, 0.1) is 10.1 Å². The first kappa shape index (κ1) is 13.9. The molecule has 0 amide bonds. The van der Waals surface area contributed by atoms with E-state index in [1.165, 1.54) is 30.5 Å². The summed E-state index contributed by atoms with van der Waals surface area (Å²) in [6.07, 6.45) is 5.86. The molecule has 1 aromatic heterocycles. The number of hydrogen-bond acceptors (Lipinski definition) is 4. The van der Waals surface area contributed by atoms with Crippen LogP contribution in [0.5, 0.6) is 0 Å². The Hall–Kier alpha value is -2.53. The molecule has 100 valence electrons. The van der Waals surface area contributed by atoms with Crippen molar-refractivity contribution < 1.29 is 9.72 Å². The Morgan fingerprint density at radius 1 is 1.35 bits per heavy atom. The zero-order valence-electron chi connectivity index (χ0n) is 10.2. The Morgan fingerprint density at radius 3 is 2.80 bits per heavy atom. The third kappa shape index (κ3) is 3.27. The molecule has 0 aliphatic heterocycles. The number of carbonyl (C=O) groups excluding carboxylic acids is 1. The summed E-state index contributed by atoms with van der Waals surface area (Å²) in [5.41, 5.74) is 0.785. The summed E-state index contributed by atoms with van der Waals surface area (Å²) >= 11 is 5.71. The van der Waals surface area contributed by atoms with Crippen molar-refractivity contribution in [1.82, 2.24) is 4.98 Å². The van der Waals surface area contributed by atoms with Crippen molar-refractivity contribution in [3.05, 3.63) is 75.1 Å². The van der Waals surface area contributed by atoms with Gasteiger partial charge in [-0.3, -0.25) is 19.9 Å². The van der Waals surface area contributed by atoms with Crippen LogP contribution in [0.4, 0.5) is 5.69 Å². The second-order valence-electron chi connectivity index (χ2n) is 3.91. The maximum Gasteiger partial charge on any atom is 0.288 e. The van der Waals surface area contributed by atoms with Crippen LogP contribution in [0.1, 0.15) is 15.9 Å². The number of hydrogen-bond donors (Lipinski definition) is 0. The summed E-state index contributed by atoms with van der Waals surface area (Å²) < 4.78 is 0. The lowest BCUT2D eigenvalue weighted by Crippen LogP contribution is -1.94. The van der Waals surface area contributed by atoms with Gasteiger partial charge in [0.05, 0.1) is 4.92 Å². The average molecular weight is 289 g/mol. The van der Waals surface area contributed by atoms with Gasteiger partial charge in [0.2, 0.25) is 0 Å². The molecule has 0 fully saturated rings. The summed E-state index contributed by atoms with van der Waals surface area (Å²) in [6.45, 7) is 0. The van der Waals surface area contributed by atoms with E-state index in [0.717, 1.165) is 0 Å². The summed E-state index contributed by atoms with van der Waals surface area (Å²) in [7, 11) is 0. The maximum absolute atomic E-state index is 11.8. The van der Waals surface area contributed by atoms with Crippen molar-refractivity contribution in [2.24, 2.45) is 0 Å². The van der Waals surface area contributed by atoms with Crippen LogP contribution in [0.2, 0.25) is 5.02 Å². The molecule has 0 spiro atoms. The first-order valence-corrected chi connectivity index (χ1v) is 6.02. The van der Waals surface area contributed by atoms with E-state index in [4.69, 9.17) is 11.6 Å². The molecule has 5 nitrogen and oxygen atoms in total. The van der Waals surface area contributed by atoms with Crippen molar-refractivity contribution in [2.75, 3.05) is 0 Å². The van der Waals surface area contributed by atoms with Gasteiger partial charge < -0.3 is 0 Å². The van der Waals surface area contributed by atoms with Crippen molar-refractivity contribution >= 4 is 29.1 Å². The smallest absolute Gasteiger partial charge is 0.288 e. The van der Waals surface area contributed by atoms with Crippen molar-refractivity contribution in [2.45, 2.75) is 0 Å². The van der Waals surface area contributed by atoms with Gasteiger partial charge in [0.15, 0.2) is 5.78 Å². The molecular formula is C14H9ClN2O3. The number of carbonyl (C=O) groups is 1. The third-order valence-electron chi connectivity index (χ3n) is 2.54. The lowest BCUT2D eigenvalue weighted by Gasteiger charge is -1.97. The Balaban J connectivity index is 2.22. The predicted octanol–water partition coefficient (Wildman–Crippen LogP) is 3.54. The number of halogens is 1. The molecule has 0 saturated heterocycles. The number of ketones is 1. The lowest BCUT2D eigenvalue weighted by atomic mass is 10.1. The molecule has 0 saturated carbocycles. The second-order valence-corrected chi connectivity index (χ2v) is 4.31. The van der Waals surface area contributed by atoms with Gasteiger partial charge in [-0.05, 0) is 29.8 Å². The predicted molar refractivity (Wildman–Crippen MR) is 75.7 cm³/mol. The zero-order chi connectivity index (χ0) is 14.5. The number of benzene rings is 1. The van der Waals surface area contributed by atoms with Crippen LogP contribution in [0.3, 0.4) is 0 Å². The minimum Gasteiger partial charge on any atom is -0.289 e. The van der Waals surface area contributed by atoms with E-state index in [0.29, 0.717) is 11.1 Å². The normalized spacial score (nSPS) is 10.7. The number of aromatic nitrogens is 1. The number of nitro groups is 1. The highest BCUT2D eigenvalue weighted by atomic mass is 35.5. The van der Waals surface area contributed by atoms with Gasteiger partial charge in [-0.15, -0.1) is 0 Å². The quantitative estimate of drug-likeness (QED) is 0.373. The van der Waals surface area contributed by atoms with Crippen molar-refractivity contribution in [3.8, 4) is 0 Å². The number of allylic oxidation sites excluding steroid dienone is 1. The van der Waals surface area contributed by atoms with Crippen molar-refractivity contribution in [1.29, 1.82) is 0 Å². The number of pyridine rings is 1. The van der Waals surface area contributed by atoms with Crippen LogP contribution in [-0.2, 0) is 0 Å². The summed E-state index contributed by atoms with van der Waals surface area (Å²) in [5, 5.41) is 10.8. The Labute approximate surface area is 119 Å². The second kappa shape index (κ2) is 6.08. The lowest BCUT2D eigenvalue weighted by molar-refractivity contribution is -0.384. The van der Waals surface area contributed by atoms with E-state index in [2.05, 4.69) is 4.98 Å². The number of rotatable bonds is 4. The SMILES string of the molecule is O=C(/C=C/c1ccc(Cl)c([N+](=O)[O-])c1)c1cccnc1. The number of nitro benzene ring substituents is 1. The molecule has 2 aromatic rings. The Kier molecular flexibility index (Phi) is 4.22. The minimum absolute atomic E-state index is 0.0609. The van der Waals surface area contributed by atoms with Gasteiger partial charge in [0.1, 0.15) is 5.02 Å². The van der Waals surface area contributed by atoms with Gasteiger partial charge in [-0.2, -0.15) is 0 Å².